The van der Waals surface area contributed by atoms with Crippen molar-refractivity contribution in [1.29, 1.82) is 0 Å². The van der Waals surface area contributed by atoms with Gasteiger partial charge in [-0.15, -0.1) is 0 Å². The highest BCUT2D eigenvalue weighted by molar-refractivity contribution is 5.77. The molecule has 0 fully saturated rings. The Labute approximate surface area is 168 Å². The van der Waals surface area contributed by atoms with Gasteiger partial charge in [0, 0.05) is 26.1 Å². The quantitative estimate of drug-likeness (QED) is 0.584. The molecule has 1 aromatic carbocycles. The number of hydrogen-bond acceptors (Lipinski definition) is 4. The van der Waals surface area contributed by atoms with Crippen LogP contribution in [0.2, 0.25) is 0 Å². The third-order valence-corrected chi connectivity index (χ3v) is 4.84. The van der Waals surface area contributed by atoms with Crippen LogP contribution in [0.4, 0.5) is 4.39 Å². The molecule has 2 heterocycles. The summed E-state index contributed by atoms with van der Waals surface area (Å²) in [4.78, 5) is 31.9. The molecular weight excluding hydrogens is 373 g/mol. The zero-order valence-electron chi connectivity index (χ0n) is 17.1. The van der Waals surface area contributed by atoms with Gasteiger partial charge in [-0.2, -0.15) is 5.10 Å². The lowest BCUT2D eigenvalue weighted by Crippen LogP contribution is -2.34. The normalized spacial score (nSPS) is 11.2. The molecule has 0 unspecified atom stereocenters. The standard InChI is InChI=1S/C21H26FN5O2/c1-4-11-25(12-5-2)19(28)10-13-26-15(3)24-20-18(21(26)29)14-23-27(20)17-8-6-16(22)7-9-17/h6-9,14H,4-5,10-13H2,1-3H3. The lowest BCUT2D eigenvalue weighted by Gasteiger charge is -2.21. The molecule has 1 amide bonds. The first-order valence-corrected chi connectivity index (χ1v) is 9.95. The highest BCUT2D eigenvalue weighted by Gasteiger charge is 2.17. The largest absolute Gasteiger partial charge is 0.343 e. The van der Waals surface area contributed by atoms with Crippen LogP contribution in [0.3, 0.4) is 0 Å². The zero-order chi connectivity index (χ0) is 21.0. The van der Waals surface area contributed by atoms with Crippen LogP contribution >= 0.6 is 0 Å². The molecule has 0 aliphatic rings. The average molecular weight is 399 g/mol. The highest BCUT2D eigenvalue weighted by Crippen LogP contribution is 2.15. The van der Waals surface area contributed by atoms with E-state index in [9.17, 15) is 14.0 Å². The summed E-state index contributed by atoms with van der Waals surface area (Å²) in [6, 6.07) is 5.83. The van der Waals surface area contributed by atoms with Gasteiger partial charge in [0.25, 0.3) is 5.56 Å². The van der Waals surface area contributed by atoms with E-state index in [0.717, 1.165) is 25.9 Å². The molecule has 0 radical (unpaired) electrons. The van der Waals surface area contributed by atoms with E-state index in [2.05, 4.69) is 10.1 Å². The molecule has 0 aliphatic carbocycles. The summed E-state index contributed by atoms with van der Waals surface area (Å²) < 4.78 is 16.2. The molecule has 3 rings (SSSR count). The van der Waals surface area contributed by atoms with E-state index < -0.39 is 0 Å². The zero-order valence-corrected chi connectivity index (χ0v) is 17.1. The van der Waals surface area contributed by atoms with E-state index >= 15 is 0 Å². The Morgan fingerprint density at radius 1 is 1.14 bits per heavy atom. The molecule has 0 saturated carbocycles. The number of carbonyl (C=O) groups excluding carboxylic acids is 1. The first-order valence-electron chi connectivity index (χ1n) is 9.95. The van der Waals surface area contributed by atoms with E-state index in [0.29, 0.717) is 22.5 Å². The molecular formula is C21H26FN5O2. The molecule has 0 spiro atoms. The second-order valence-electron chi connectivity index (χ2n) is 7.02. The number of benzene rings is 1. The molecule has 7 nitrogen and oxygen atoms in total. The fourth-order valence-corrected chi connectivity index (χ4v) is 3.41. The van der Waals surface area contributed by atoms with Crippen LogP contribution in [-0.4, -0.2) is 43.2 Å². The number of rotatable bonds is 8. The van der Waals surface area contributed by atoms with Crippen LogP contribution in [0.1, 0.15) is 38.9 Å². The number of amides is 1. The number of aromatic nitrogens is 4. The smallest absolute Gasteiger partial charge is 0.264 e. The van der Waals surface area contributed by atoms with E-state index in [-0.39, 0.29) is 30.2 Å². The van der Waals surface area contributed by atoms with Crippen molar-refractivity contribution in [2.24, 2.45) is 0 Å². The molecule has 29 heavy (non-hydrogen) atoms. The maximum atomic E-state index is 13.2. The van der Waals surface area contributed by atoms with E-state index in [1.54, 1.807) is 19.1 Å². The fourth-order valence-electron chi connectivity index (χ4n) is 3.41. The third-order valence-electron chi connectivity index (χ3n) is 4.84. The van der Waals surface area contributed by atoms with Gasteiger partial charge >= 0.3 is 0 Å². The maximum absolute atomic E-state index is 13.2. The van der Waals surface area contributed by atoms with Crippen molar-refractivity contribution in [3.63, 3.8) is 0 Å². The van der Waals surface area contributed by atoms with Gasteiger partial charge in [-0.25, -0.2) is 14.1 Å². The Kier molecular flexibility index (Phi) is 6.41. The molecule has 8 heteroatoms. The molecule has 0 atom stereocenters. The molecule has 0 N–H and O–H groups in total. The molecule has 2 aromatic heterocycles. The van der Waals surface area contributed by atoms with Gasteiger partial charge in [-0.3, -0.25) is 14.2 Å². The van der Waals surface area contributed by atoms with Crippen molar-refractivity contribution in [2.45, 2.75) is 46.6 Å². The Bertz CT molecular complexity index is 1050. The molecule has 3 aromatic rings. The minimum atomic E-state index is -0.346. The van der Waals surface area contributed by atoms with Crippen LogP contribution in [0.5, 0.6) is 0 Å². The first kappa shape index (κ1) is 20.7. The van der Waals surface area contributed by atoms with Crippen LogP contribution in [0.25, 0.3) is 16.7 Å². The van der Waals surface area contributed by atoms with Gasteiger partial charge in [0.15, 0.2) is 5.65 Å². The number of aryl methyl sites for hydroxylation is 1. The number of nitrogens with zero attached hydrogens (tertiary/aromatic N) is 5. The summed E-state index contributed by atoms with van der Waals surface area (Å²) in [5, 5.41) is 4.62. The van der Waals surface area contributed by atoms with Crippen LogP contribution in [0.15, 0.2) is 35.3 Å². The Morgan fingerprint density at radius 3 is 2.41 bits per heavy atom. The maximum Gasteiger partial charge on any atom is 0.264 e. The lowest BCUT2D eigenvalue weighted by molar-refractivity contribution is -0.131. The Hall–Kier alpha value is -3.03. The van der Waals surface area contributed by atoms with Crippen LogP contribution in [-0.2, 0) is 11.3 Å². The van der Waals surface area contributed by atoms with Crippen molar-refractivity contribution < 1.29 is 9.18 Å². The lowest BCUT2D eigenvalue weighted by atomic mass is 10.3. The van der Waals surface area contributed by atoms with Gasteiger partial charge < -0.3 is 4.90 Å². The average Bonchev–Trinajstić information content (AvgIpc) is 3.12. The van der Waals surface area contributed by atoms with Crippen molar-refractivity contribution >= 4 is 16.9 Å². The van der Waals surface area contributed by atoms with Crippen LogP contribution in [0, 0.1) is 12.7 Å². The third kappa shape index (κ3) is 4.36. The Balaban J connectivity index is 1.88. The number of hydrogen-bond donors (Lipinski definition) is 0. The minimum absolute atomic E-state index is 0.0436. The van der Waals surface area contributed by atoms with Gasteiger partial charge in [0.2, 0.25) is 5.91 Å². The summed E-state index contributed by atoms with van der Waals surface area (Å²) in [6.45, 7) is 7.55. The molecule has 0 aliphatic heterocycles. The van der Waals surface area contributed by atoms with Gasteiger partial charge in [-0.05, 0) is 44.0 Å². The predicted octanol–water partition coefficient (Wildman–Crippen LogP) is 3.07. The molecule has 0 bridgehead atoms. The van der Waals surface area contributed by atoms with E-state index in [4.69, 9.17) is 0 Å². The topological polar surface area (TPSA) is 73.0 Å². The van der Waals surface area contributed by atoms with Crippen molar-refractivity contribution in [1.82, 2.24) is 24.2 Å². The number of fused-ring (bicyclic) bond motifs is 1. The van der Waals surface area contributed by atoms with Crippen molar-refractivity contribution in [3.8, 4) is 5.69 Å². The van der Waals surface area contributed by atoms with Gasteiger partial charge in [0.05, 0.1) is 11.9 Å². The fraction of sp³-hybridized carbons (Fsp3) is 0.429. The number of halogens is 1. The summed E-state index contributed by atoms with van der Waals surface area (Å²) in [7, 11) is 0. The first-order chi connectivity index (χ1) is 14.0. The van der Waals surface area contributed by atoms with Gasteiger partial charge in [0.1, 0.15) is 17.0 Å². The van der Waals surface area contributed by atoms with E-state index in [1.165, 1.54) is 27.6 Å². The highest BCUT2D eigenvalue weighted by atomic mass is 19.1. The van der Waals surface area contributed by atoms with Crippen molar-refractivity contribution in [2.75, 3.05) is 13.1 Å². The summed E-state index contributed by atoms with van der Waals surface area (Å²) in [5.41, 5.74) is 0.807. The second kappa shape index (κ2) is 8.98. The second-order valence-corrected chi connectivity index (χ2v) is 7.02. The summed E-state index contributed by atoms with van der Waals surface area (Å²) in [6.07, 6.45) is 3.52. The predicted molar refractivity (Wildman–Crippen MR) is 110 cm³/mol. The van der Waals surface area contributed by atoms with Crippen molar-refractivity contribution in [3.05, 3.63) is 52.5 Å². The van der Waals surface area contributed by atoms with E-state index in [1.807, 2.05) is 18.7 Å². The summed E-state index contributed by atoms with van der Waals surface area (Å²) >= 11 is 0. The van der Waals surface area contributed by atoms with Gasteiger partial charge in [-0.1, -0.05) is 13.8 Å². The van der Waals surface area contributed by atoms with Crippen LogP contribution < -0.4 is 5.56 Å². The molecule has 0 saturated heterocycles. The summed E-state index contributed by atoms with van der Waals surface area (Å²) in [5.74, 6) is 0.209. The SMILES string of the molecule is CCCN(CCC)C(=O)CCn1c(C)nc2c(cnn2-c2ccc(F)cc2)c1=O. The minimum Gasteiger partial charge on any atom is -0.343 e. The number of carbonyl (C=O) groups is 1. The Morgan fingerprint density at radius 2 is 1.79 bits per heavy atom. The molecule has 154 valence electrons. The monoisotopic (exact) mass is 399 g/mol.